The van der Waals surface area contributed by atoms with Crippen molar-refractivity contribution in [1.82, 2.24) is 9.36 Å². The Balaban J connectivity index is 1.85. The summed E-state index contributed by atoms with van der Waals surface area (Å²) in [6.07, 6.45) is 4.79. The zero-order valence-corrected chi connectivity index (χ0v) is 13.2. The first-order chi connectivity index (χ1) is 10.3. The van der Waals surface area contributed by atoms with Gasteiger partial charge >= 0.3 is 0 Å². The van der Waals surface area contributed by atoms with E-state index in [2.05, 4.69) is 40.0 Å². The number of hydrogen-bond donors (Lipinski definition) is 1. The van der Waals surface area contributed by atoms with E-state index < -0.39 is 0 Å². The fraction of sp³-hybridized carbons (Fsp3) is 0.500. The molecule has 0 bridgehead atoms. The lowest BCUT2D eigenvalue weighted by Crippen LogP contribution is -2.25. The van der Waals surface area contributed by atoms with Gasteiger partial charge in [0.05, 0.1) is 12.0 Å². The van der Waals surface area contributed by atoms with Crippen molar-refractivity contribution >= 4 is 16.7 Å². The summed E-state index contributed by atoms with van der Waals surface area (Å²) in [5.74, 6) is 0.983. The third-order valence-electron chi connectivity index (χ3n) is 4.22. The van der Waals surface area contributed by atoms with E-state index in [1.54, 1.807) is 7.11 Å². The molecular weight excluding hydrogens is 282 g/mol. The van der Waals surface area contributed by atoms with Gasteiger partial charge in [-0.3, -0.25) is 0 Å². The van der Waals surface area contributed by atoms with Crippen molar-refractivity contribution < 1.29 is 4.74 Å². The number of hydrogen-bond acceptors (Lipinski definition) is 5. The first kappa shape index (κ1) is 14.5. The summed E-state index contributed by atoms with van der Waals surface area (Å²) in [6.45, 7) is 1.45. The Hall–Kier alpha value is -1.46. The topological polar surface area (TPSA) is 47.0 Å². The SMILES string of the molecule is COCCNc1nc(C2(c3ccccc3)CCCC2)ns1. The van der Waals surface area contributed by atoms with Crippen molar-refractivity contribution in [3.05, 3.63) is 41.7 Å². The number of nitrogens with one attached hydrogen (secondary N) is 1. The Kier molecular flexibility index (Phi) is 4.51. The van der Waals surface area contributed by atoms with Crippen LogP contribution in [0.2, 0.25) is 0 Å². The minimum atomic E-state index is 0.0128. The smallest absolute Gasteiger partial charge is 0.202 e. The maximum absolute atomic E-state index is 5.05. The molecule has 0 spiro atoms. The minimum Gasteiger partial charge on any atom is -0.383 e. The zero-order chi connectivity index (χ0) is 14.5. The molecule has 2 aromatic rings. The molecule has 1 heterocycles. The lowest BCUT2D eigenvalue weighted by Gasteiger charge is -2.26. The normalized spacial score (nSPS) is 17.0. The van der Waals surface area contributed by atoms with E-state index in [9.17, 15) is 0 Å². The van der Waals surface area contributed by atoms with E-state index in [4.69, 9.17) is 9.72 Å². The molecule has 1 aromatic heterocycles. The van der Waals surface area contributed by atoms with Gasteiger partial charge in [-0.15, -0.1) is 0 Å². The maximum atomic E-state index is 5.05. The average molecular weight is 303 g/mol. The summed E-state index contributed by atoms with van der Waals surface area (Å²) in [6, 6.07) is 10.7. The Morgan fingerprint density at radius 3 is 2.71 bits per heavy atom. The first-order valence-corrected chi connectivity index (χ1v) is 8.25. The molecule has 1 aliphatic rings. The van der Waals surface area contributed by atoms with E-state index in [1.807, 2.05) is 0 Å². The second kappa shape index (κ2) is 6.54. The molecular formula is C16H21N3OS. The Bertz CT molecular complexity index is 564. The average Bonchev–Trinajstić information content (AvgIpc) is 3.18. The number of methoxy groups -OCH3 is 1. The monoisotopic (exact) mass is 303 g/mol. The summed E-state index contributed by atoms with van der Waals surface area (Å²) in [7, 11) is 1.70. The quantitative estimate of drug-likeness (QED) is 0.830. The van der Waals surface area contributed by atoms with Crippen LogP contribution in [0.1, 0.15) is 37.1 Å². The fourth-order valence-corrected chi connectivity index (χ4v) is 3.81. The number of nitrogens with zero attached hydrogens (tertiary/aromatic N) is 2. The van der Waals surface area contributed by atoms with Crippen LogP contribution in [0.5, 0.6) is 0 Å². The van der Waals surface area contributed by atoms with Crippen molar-refractivity contribution in [1.29, 1.82) is 0 Å². The van der Waals surface area contributed by atoms with Crippen LogP contribution in [0, 0.1) is 0 Å². The summed E-state index contributed by atoms with van der Waals surface area (Å²) in [5, 5.41) is 4.17. The molecule has 1 fully saturated rings. The minimum absolute atomic E-state index is 0.0128. The maximum Gasteiger partial charge on any atom is 0.202 e. The highest BCUT2D eigenvalue weighted by molar-refractivity contribution is 7.09. The molecule has 4 nitrogen and oxygen atoms in total. The predicted molar refractivity (Wildman–Crippen MR) is 86.0 cm³/mol. The van der Waals surface area contributed by atoms with Crippen LogP contribution in [0.4, 0.5) is 5.13 Å². The van der Waals surface area contributed by atoms with Gasteiger partial charge in [0.2, 0.25) is 5.13 Å². The molecule has 1 N–H and O–H groups in total. The summed E-state index contributed by atoms with van der Waals surface area (Å²) in [4.78, 5) is 4.75. The molecule has 21 heavy (non-hydrogen) atoms. The molecule has 0 unspecified atom stereocenters. The number of rotatable bonds is 6. The van der Waals surface area contributed by atoms with Crippen molar-refractivity contribution in [2.45, 2.75) is 31.1 Å². The zero-order valence-electron chi connectivity index (χ0n) is 12.3. The van der Waals surface area contributed by atoms with Crippen LogP contribution in [-0.4, -0.2) is 29.6 Å². The number of benzene rings is 1. The summed E-state index contributed by atoms with van der Waals surface area (Å²) in [5.41, 5.74) is 1.36. The van der Waals surface area contributed by atoms with Crippen LogP contribution in [0.3, 0.4) is 0 Å². The standard InChI is InChI=1S/C16H21N3OS/c1-20-12-11-17-15-18-14(19-21-15)16(9-5-6-10-16)13-7-3-2-4-8-13/h2-4,7-8H,5-6,9-12H2,1H3,(H,17,18,19). The van der Waals surface area contributed by atoms with Gasteiger partial charge in [0, 0.05) is 25.2 Å². The van der Waals surface area contributed by atoms with E-state index in [0.29, 0.717) is 6.61 Å². The van der Waals surface area contributed by atoms with Gasteiger partial charge in [-0.1, -0.05) is 43.2 Å². The lowest BCUT2D eigenvalue weighted by atomic mass is 9.78. The van der Waals surface area contributed by atoms with E-state index in [0.717, 1.165) is 30.3 Å². The van der Waals surface area contributed by atoms with Gasteiger partial charge in [-0.05, 0) is 18.4 Å². The second-order valence-corrected chi connectivity index (χ2v) is 6.25. The highest BCUT2D eigenvalue weighted by Crippen LogP contribution is 2.45. The Morgan fingerprint density at radius 2 is 2.00 bits per heavy atom. The number of ether oxygens (including phenoxy) is 1. The van der Waals surface area contributed by atoms with Crippen molar-refractivity contribution in [2.24, 2.45) is 0 Å². The van der Waals surface area contributed by atoms with Crippen LogP contribution in [-0.2, 0) is 10.2 Å². The number of aromatic nitrogens is 2. The van der Waals surface area contributed by atoms with Gasteiger partial charge < -0.3 is 10.1 Å². The molecule has 0 aliphatic heterocycles. The van der Waals surface area contributed by atoms with E-state index >= 15 is 0 Å². The Morgan fingerprint density at radius 1 is 1.24 bits per heavy atom. The summed E-state index contributed by atoms with van der Waals surface area (Å²) >= 11 is 1.45. The van der Waals surface area contributed by atoms with E-state index in [-0.39, 0.29) is 5.41 Å². The van der Waals surface area contributed by atoms with Crippen molar-refractivity contribution in [3.63, 3.8) is 0 Å². The molecule has 0 amide bonds. The second-order valence-electron chi connectivity index (χ2n) is 5.50. The number of anilines is 1. The van der Waals surface area contributed by atoms with Crippen LogP contribution >= 0.6 is 11.5 Å². The molecule has 5 heteroatoms. The van der Waals surface area contributed by atoms with E-state index in [1.165, 1.54) is 29.9 Å². The molecule has 0 saturated heterocycles. The van der Waals surface area contributed by atoms with Gasteiger partial charge in [0.15, 0.2) is 5.82 Å². The van der Waals surface area contributed by atoms with Gasteiger partial charge in [0.25, 0.3) is 0 Å². The summed E-state index contributed by atoms with van der Waals surface area (Å²) < 4.78 is 9.71. The third kappa shape index (κ3) is 2.94. The fourth-order valence-electron chi connectivity index (χ4n) is 3.13. The molecule has 1 saturated carbocycles. The molecule has 1 aromatic carbocycles. The highest BCUT2D eigenvalue weighted by Gasteiger charge is 2.40. The van der Waals surface area contributed by atoms with Gasteiger partial charge in [-0.2, -0.15) is 4.37 Å². The van der Waals surface area contributed by atoms with Gasteiger partial charge in [-0.25, -0.2) is 4.98 Å². The molecule has 0 atom stereocenters. The van der Waals surface area contributed by atoms with Crippen molar-refractivity contribution in [2.75, 3.05) is 25.6 Å². The molecule has 1 aliphatic carbocycles. The predicted octanol–water partition coefficient (Wildman–Crippen LogP) is 3.46. The van der Waals surface area contributed by atoms with Crippen LogP contribution in [0.15, 0.2) is 30.3 Å². The largest absolute Gasteiger partial charge is 0.383 e. The van der Waals surface area contributed by atoms with Gasteiger partial charge in [0.1, 0.15) is 0 Å². The molecule has 3 rings (SSSR count). The third-order valence-corrected chi connectivity index (χ3v) is 4.89. The Labute approximate surface area is 129 Å². The highest BCUT2D eigenvalue weighted by atomic mass is 32.1. The lowest BCUT2D eigenvalue weighted by molar-refractivity contribution is 0.211. The van der Waals surface area contributed by atoms with Crippen LogP contribution < -0.4 is 5.32 Å². The first-order valence-electron chi connectivity index (χ1n) is 7.48. The van der Waals surface area contributed by atoms with Crippen molar-refractivity contribution in [3.8, 4) is 0 Å². The molecule has 112 valence electrons. The molecule has 0 radical (unpaired) electrons. The van der Waals surface area contributed by atoms with Crippen LogP contribution in [0.25, 0.3) is 0 Å².